The summed E-state index contributed by atoms with van der Waals surface area (Å²) < 4.78 is 0. The number of guanidine groups is 1. The van der Waals surface area contributed by atoms with Crippen molar-refractivity contribution in [3.05, 3.63) is 0 Å². The van der Waals surface area contributed by atoms with E-state index in [0.717, 1.165) is 0 Å². The Hall–Kier alpha value is -1.32. The van der Waals surface area contributed by atoms with Crippen LogP contribution in [0.25, 0.3) is 0 Å². The minimum Gasteiger partial charge on any atom is -0.402 e. The number of carbonyl (C=O) groups is 1. The normalized spacial score (nSPS) is 7.18. The first-order chi connectivity index (χ1) is 4.86. The van der Waals surface area contributed by atoms with Crippen molar-refractivity contribution < 1.29 is 19.9 Å². The van der Waals surface area contributed by atoms with Crippen molar-refractivity contribution in [2.24, 2.45) is 11.5 Å². The van der Waals surface area contributed by atoms with Crippen molar-refractivity contribution >= 4 is 19.3 Å². The third-order valence-electron chi connectivity index (χ3n) is 0.258. The van der Waals surface area contributed by atoms with E-state index in [1.165, 1.54) is 0 Å². The third-order valence-corrected chi connectivity index (χ3v) is 0.258. The van der Waals surface area contributed by atoms with Gasteiger partial charge in [-0.2, -0.15) is 0 Å². The van der Waals surface area contributed by atoms with Crippen LogP contribution in [0.3, 0.4) is 0 Å². The first kappa shape index (κ1) is 12.4. The molecule has 0 saturated heterocycles. The molecule has 0 aliphatic rings. The fraction of sp³-hybridized carbons (Fsp3) is 0. The number of urea groups is 1. The van der Waals surface area contributed by atoms with E-state index in [9.17, 15) is 4.79 Å². The summed E-state index contributed by atoms with van der Waals surface area (Å²) in [4.78, 5) is 9.70. The molecule has 0 spiro atoms. The molecular weight excluding hydrogens is 155 g/mol. The molecule has 0 rings (SSSR count). The Morgan fingerprint density at radius 2 is 1.64 bits per heavy atom. The Morgan fingerprint density at radius 3 is 1.64 bits per heavy atom. The monoisotopic (exact) mass is 164 g/mol. The third kappa shape index (κ3) is 53.8. The molecule has 9 heteroatoms. The number of hydrogen-bond acceptors (Lipinski definition) is 5. The number of primary amides is 1. The van der Waals surface area contributed by atoms with Gasteiger partial charge in [-0.3, -0.25) is 10.7 Å². The summed E-state index contributed by atoms with van der Waals surface area (Å²) in [6.45, 7) is 0. The summed E-state index contributed by atoms with van der Waals surface area (Å²) in [5.74, 6) is -0.437. The Morgan fingerprint density at radius 1 is 1.36 bits per heavy atom. The highest BCUT2D eigenvalue weighted by Crippen LogP contribution is 1.48. The van der Waals surface area contributed by atoms with Gasteiger partial charge in [0, 0.05) is 0 Å². The van der Waals surface area contributed by atoms with Crippen molar-refractivity contribution in [2.75, 3.05) is 0 Å². The lowest BCUT2D eigenvalue weighted by Gasteiger charge is -1.91. The zero-order valence-electron chi connectivity index (χ0n) is 5.48. The van der Waals surface area contributed by atoms with E-state index in [1.807, 2.05) is 0 Å². The van der Waals surface area contributed by atoms with E-state index >= 15 is 0 Å². The zero-order valence-corrected chi connectivity index (χ0v) is 5.48. The molecule has 0 aromatic heterocycles. The van der Waals surface area contributed by atoms with Gasteiger partial charge in [0.15, 0.2) is 5.96 Å². The molecule has 0 aliphatic heterocycles. The fourth-order valence-corrected chi connectivity index (χ4v) is 0.133. The second kappa shape index (κ2) is 6.80. The van der Waals surface area contributed by atoms with Gasteiger partial charge in [-0.1, -0.05) is 0 Å². The maximum atomic E-state index is 9.70. The molecule has 64 valence electrons. The second-order valence-corrected chi connectivity index (χ2v) is 1.25. The number of hydrogen-bond donors (Lipinski definition) is 7. The number of amides is 2. The van der Waals surface area contributed by atoms with Gasteiger partial charge >= 0.3 is 13.4 Å². The highest BCUT2D eigenvalue weighted by molar-refractivity contribution is 6.30. The smallest absolute Gasteiger partial charge is 0.402 e. The molecule has 0 radical (unpaired) electrons. The molecule has 0 fully saturated rings. The average Bonchev–Trinajstić information content (AvgIpc) is 1.56. The van der Waals surface area contributed by atoms with Crippen molar-refractivity contribution in [3.8, 4) is 0 Å². The van der Waals surface area contributed by atoms with Crippen LogP contribution in [0.2, 0.25) is 0 Å². The van der Waals surface area contributed by atoms with E-state index < -0.39 is 19.3 Å². The number of nitrogens with two attached hydrogens (primary N) is 2. The maximum Gasteiger partial charge on any atom is 0.631 e. The van der Waals surface area contributed by atoms with Crippen molar-refractivity contribution in [1.82, 2.24) is 5.32 Å². The average molecular weight is 164 g/mol. The van der Waals surface area contributed by atoms with Gasteiger partial charge in [0.25, 0.3) is 0 Å². The van der Waals surface area contributed by atoms with E-state index in [0.29, 0.717) is 0 Å². The highest BCUT2D eigenvalue weighted by Gasteiger charge is 1.92. The van der Waals surface area contributed by atoms with Gasteiger partial charge in [0.1, 0.15) is 0 Å². The summed E-state index contributed by atoms with van der Waals surface area (Å²) >= 11 is 0. The van der Waals surface area contributed by atoms with Crippen molar-refractivity contribution in [3.63, 3.8) is 0 Å². The summed E-state index contributed by atoms with van der Waals surface area (Å²) in [6.07, 6.45) is 0. The maximum absolute atomic E-state index is 9.70. The molecule has 0 aromatic rings. The Kier molecular flexibility index (Phi) is 7.65. The second-order valence-electron chi connectivity index (χ2n) is 1.25. The van der Waals surface area contributed by atoms with Gasteiger partial charge in [0.05, 0.1) is 0 Å². The summed E-state index contributed by atoms with van der Waals surface area (Å²) in [5, 5.41) is 29.7. The van der Waals surface area contributed by atoms with Crippen LogP contribution < -0.4 is 16.8 Å². The minimum absolute atomic E-state index is 0.437. The van der Waals surface area contributed by atoms with Crippen LogP contribution >= 0.6 is 0 Å². The van der Waals surface area contributed by atoms with E-state index in [4.69, 9.17) is 20.5 Å². The van der Waals surface area contributed by atoms with Crippen LogP contribution in [-0.4, -0.2) is 34.4 Å². The van der Waals surface area contributed by atoms with Crippen LogP contribution in [-0.2, 0) is 0 Å². The SMILES string of the molecule is N=C(N)NC(N)=O.OB(O)O. The van der Waals surface area contributed by atoms with Crippen LogP contribution in [0.15, 0.2) is 0 Å². The van der Waals surface area contributed by atoms with Gasteiger partial charge < -0.3 is 26.5 Å². The lowest BCUT2D eigenvalue weighted by molar-refractivity contribution is 0.253. The summed E-state index contributed by atoms with van der Waals surface area (Å²) in [6, 6.07) is -0.812. The van der Waals surface area contributed by atoms with Gasteiger partial charge in [-0.25, -0.2) is 4.79 Å². The summed E-state index contributed by atoms with van der Waals surface area (Å²) in [7, 11) is -2.17. The molecule has 0 saturated carbocycles. The highest BCUT2D eigenvalue weighted by atomic mass is 16.5. The van der Waals surface area contributed by atoms with Crippen LogP contribution in [0, 0.1) is 5.41 Å². The molecule has 0 unspecified atom stereocenters. The molecular formula is C2H9BN4O4. The molecule has 0 bridgehead atoms. The summed E-state index contributed by atoms with van der Waals surface area (Å²) in [5.41, 5.74) is 9.19. The first-order valence-electron chi connectivity index (χ1n) is 2.31. The van der Waals surface area contributed by atoms with Crippen LogP contribution in [0.1, 0.15) is 0 Å². The van der Waals surface area contributed by atoms with Gasteiger partial charge in [0.2, 0.25) is 0 Å². The molecule has 0 heterocycles. The molecule has 11 heavy (non-hydrogen) atoms. The minimum atomic E-state index is -2.17. The molecule has 9 N–H and O–H groups in total. The predicted molar refractivity (Wildman–Crippen MR) is 37.0 cm³/mol. The van der Waals surface area contributed by atoms with Gasteiger partial charge in [-0.15, -0.1) is 0 Å². The standard InChI is InChI=1S/C2H6N4O.BH3O3/c3-1(4)6-2(5)7;2-1(3)4/h(H6,3,4,5,6,7);2-4H. The van der Waals surface area contributed by atoms with Gasteiger partial charge in [-0.05, 0) is 0 Å². The van der Waals surface area contributed by atoms with E-state index in [1.54, 1.807) is 5.32 Å². The van der Waals surface area contributed by atoms with Crippen LogP contribution in [0.4, 0.5) is 4.79 Å². The Balaban J connectivity index is 0. The fourth-order valence-electron chi connectivity index (χ4n) is 0.133. The number of nitrogens with one attached hydrogen (secondary N) is 2. The molecule has 0 atom stereocenters. The predicted octanol–water partition coefficient (Wildman–Crippen LogP) is -3.50. The molecule has 2 amide bonds. The lowest BCUT2D eigenvalue weighted by atomic mass is 10.3. The molecule has 8 nitrogen and oxygen atoms in total. The number of rotatable bonds is 0. The Bertz CT molecular complexity index is 123. The molecule has 0 aliphatic carbocycles. The van der Waals surface area contributed by atoms with E-state index in [-0.39, 0.29) is 0 Å². The van der Waals surface area contributed by atoms with Crippen molar-refractivity contribution in [2.45, 2.75) is 0 Å². The molecule has 0 aromatic carbocycles. The quantitative estimate of drug-likeness (QED) is 0.112. The lowest BCUT2D eigenvalue weighted by Crippen LogP contribution is -2.39. The zero-order chi connectivity index (χ0) is 9.44. The Labute approximate surface area is 62.5 Å². The van der Waals surface area contributed by atoms with E-state index in [2.05, 4.69) is 11.5 Å². The van der Waals surface area contributed by atoms with Crippen molar-refractivity contribution in [1.29, 1.82) is 5.41 Å². The topological polar surface area (TPSA) is 166 Å². The largest absolute Gasteiger partial charge is 0.631 e. The first-order valence-corrected chi connectivity index (χ1v) is 2.31. The number of carbonyl (C=O) groups excluding carboxylic acids is 1. The van der Waals surface area contributed by atoms with Crippen LogP contribution in [0.5, 0.6) is 0 Å².